The Kier molecular flexibility index (Phi) is 4.23. The standard InChI is InChI=1S/C15H18ClFN2O2/c1-4-11-13(20)19(15(2,3)14(21)18-11)8-9-6-5-7-10(16)12(9)17/h5-7,11H,4,8H2,1-3H3,(H,18,21). The van der Waals surface area contributed by atoms with Gasteiger partial charge in [0, 0.05) is 12.1 Å². The van der Waals surface area contributed by atoms with Crippen molar-refractivity contribution in [2.75, 3.05) is 0 Å². The van der Waals surface area contributed by atoms with Crippen molar-refractivity contribution in [3.63, 3.8) is 0 Å². The molecule has 1 fully saturated rings. The van der Waals surface area contributed by atoms with Crippen LogP contribution in [0.15, 0.2) is 18.2 Å². The van der Waals surface area contributed by atoms with Gasteiger partial charge in [0.2, 0.25) is 11.8 Å². The van der Waals surface area contributed by atoms with Crippen LogP contribution in [0, 0.1) is 5.82 Å². The summed E-state index contributed by atoms with van der Waals surface area (Å²) in [5, 5.41) is 2.70. The van der Waals surface area contributed by atoms with Crippen LogP contribution < -0.4 is 5.32 Å². The van der Waals surface area contributed by atoms with Gasteiger partial charge < -0.3 is 10.2 Å². The fourth-order valence-electron chi connectivity index (χ4n) is 2.38. The molecule has 1 aliphatic heterocycles. The Morgan fingerprint density at radius 2 is 2.05 bits per heavy atom. The Balaban J connectivity index is 2.36. The van der Waals surface area contributed by atoms with E-state index in [1.807, 2.05) is 6.92 Å². The molecule has 1 unspecified atom stereocenters. The molecule has 0 aliphatic carbocycles. The first-order valence-electron chi connectivity index (χ1n) is 6.84. The maximum absolute atomic E-state index is 14.0. The van der Waals surface area contributed by atoms with Gasteiger partial charge in [-0.05, 0) is 26.3 Å². The molecule has 0 saturated carbocycles. The van der Waals surface area contributed by atoms with Crippen molar-refractivity contribution in [2.45, 2.75) is 45.3 Å². The van der Waals surface area contributed by atoms with E-state index in [9.17, 15) is 14.0 Å². The first-order valence-corrected chi connectivity index (χ1v) is 7.22. The molecule has 1 aromatic carbocycles. The van der Waals surface area contributed by atoms with Crippen LogP contribution in [0.4, 0.5) is 4.39 Å². The minimum absolute atomic E-state index is 0.00579. The quantitative estimate of drug-likeness (QED) is 0.932. The van der Waals surface area contributed by atoms with Crippen LogP contribution in [0.5, 0.6) is 0 Å². The lowest BCUT2D eigenvalue weighted by Crippen LogP contribution is -2.67. The molecule has 0 radical (unpaired) electrons. The Morgan fingerprint density at radius 3 is 2.67 bits per heavy atom. The highest BCUT2D eigenvalue weighted by molar-refractivity contribution is 6.30. The zero-order chi connectivity index (χ0) is 15.8. The summed E-state index contributed by atoms with van der Waals surface area (Å²) in [4.78, 5) is 26.0. The summed E-state index contributed by atoms with van der Waals surface area (Å²) >= 11 is 5.77. The second-order valence-corrected chi connectivity index (χ2v) is 6.04. The molecule has 1 heterocycles. The molecule has 1 aromatic rings. The number of halogens is 2. The van der Waals surface area contributed by atoms with Crippen LogP contribution in [0.3, 0.4) is 0 Å². The summed E-state index contributed by atoms with van der Waals surface area (Å²) < 4.78 is 14.0. The van der Waals surface area contributed by atoms with Crippen LogP contribution in [0.2, 0.25) is 5.02 Å². The number of amides is 2. The monoisotopic (exact) mass is 312 g/mol. The number of carbonyl (C=O) groups excluding carboxylic acids is 2. The Hall–Kier alpha value is -1.62. The number of nitrogens with zero attached hydrogens (tertiary/aromatic N) is 1. The Morgan fingerprint density at radius 1 is 1.38 bits per heavy atom. The van der Waals surface area contributed by atoms with Crippen LogP contribution in [-0.4, -0.2) is 28.3 Å². The van der Waals surface area contributed by atoms with Gasteiger partial charge in [-0.25, -0.2) is 4.39 Å². The number of piperazine rings is 1. The summed E-state index contributed by atoms with van der Waals surface area (Å²) in [6.45, 7) is 5.13. The lowest BCUT2D eigenvalue weighted by molar-refractivity contribution is -0.156. The van der Waals surface area contributed by atoms with E-state index in [0.29, 0.717) is 12.0 Å². The summed E-state index contributed by atoms with van der Waals surface area (Å²) in [7, 11) is 0. The van der Waals surface area contributed by atoms with E-state index < -0.39 is 17.4 Å². The van der Waals surface area contributed by atoms with Gasteiger partial charge >= 0.3 is 0 Å². The average Bonchev–Trinajstić information content (AvgIpc) is 2.43. The molecule has 114 valence electrons. The van der Waals surface area contributed by atoms with Crippen molar-refractivity contribution in [3.8, 4) is 0 Å². The van der Waals surface area contributed by atoms with Crippen molar-refractivity contribution >= 4 is 23.4 Å². The predicted octanol–water partition coefficient (Wildman–Crippen LogP) is 2.49. The molecule has 0 spiro atoms. The average molecular weight is 313 g/mol. The predicted molar refractivity (Wildman–Crippen MR) is 78.3 cm³/mol. The van der Waals surface area contributed by atoms with Crippen LogP contribution in [0.25, 0.3) is 0 Å². The summed E-state index contributed by atoms with van der Waals surface area (Å²) in [5.41, 5.74) is -0.731. The van der Waals surface area contributed by atoms with Gasteiger partial charge in [0.15, 0.2) is 0 Å². The maximum atomic E-state index is 14.0. The molecule has 6 heteroatoms. The van der Waals surface area contributed by atoms with Gasteiger partial charge in [-0.2, -0.15) is 0 Å². The van der Waals surface area contributed by atoms with Crippen molar-refractivity contribution in [1.29, 1.82) is 0 Å². The molecule has 1 aliphatic rings. The molecule has 21 heavy (non-hydrogen) atoms. The van der Waals surface area contributed by atoms with E-state index in [1.165, 1.54) is 11.0 Å². The number of hydrogen-bond acceptors (Lipinski definition) is 2. The molecule has 2 amide bonds. The molecule has 2 rings (SSSR count). The van der Waals surface area contributed by atoms with E-state index in [0.717, 1.165) is 0 Å². The normalized spacial score (nSPS) is 21.4. The first kappa shape index (κ1) is 15.8. The second-order valence-electron chi connectivity index (χ2n) is 5.63. The number of rotatable bonds is 3. The molecule has 1 N–H and O–H groups in total. The lowest BCUT2D eigenvalue weighted by atomic mass is 9.94. The minimum Gasteiger partial charge on any atom is -0.342 e. The Labute approximate surface area is 128 Å². The van der Waals surface area contributed by atoms with Gasteiger partial charge in [-0.15, -0.1) is 0 Å². The van der Waals surface area contributed by atoms with Crippen molar-refractivity contribution < 1.29 is 14.0 Å². The molecular formula is C15H18ClFN2O2. The Bertz CT molecular complexity index is 589. The maximum Gasteiger partial charge on any atom is 0.246 e. The molecule has 4 nitrogen and oxygen atoms in total. The zero-order valence-electron chi connectivity index (χ0n) is 12.2. The molecule has 0 bridgehead atoms. The molecule has 1 atom stereocenters. The topological polar surface area (TPSA) is 49.4 Å². The van der Waals surface area contributed by atoms with Crippen molar-refractivity contribution in [3.05, 3.63) is 34.6 Å². The third kappa shape index (κ3) is 2.75. The molecule has 0 aromatic heterocycles. The van der Waals surface area contributed by atoms with Crippen LogP contribution in [-0.2, 0) is 16.1 Å². The smallest absolute Gasteiger partial charge is 0.246 e. The summed E-state index contributed by atoms with van der Waals surface area (Å²) in [6, 6.07) is 4.08. The van der Waals surface area contributed by atoms with Gasteiger partial charge in [-0.3, -0.25) is 9.59 Å². The SMILES string of the molecule is CCC1NC(=O)C(C)(C)N(Cc2cccc(Cl)c2F)C1=O. The number of hydrogen-bond donors (Lipinski definition) is 1. The molecule has 1 saturated heterocycles. The highest BCUT2D eigenvalue weighted by Gasteiger charge is 2.45. The van der Waals surface area contributed by atoms with Crippen LogP contribution >= 0.6 is 11.6 Å². The fraction of sp³-hybridized carbons (Fsp3) is 0.467. The van der Waals surface area contributed by atoms with E-state index in [-0.39, 0.29) is 23.4 Å². The largest absolute Gasteiger partial charge is 0.342 e. The van der Waals surface area contributed by atoms with E-state index in [1.54, 1.807) is 26.0 Å². The van der Waals surface area contributed by atoms with E-state index in [2.05, 4.69) is 5.32 Å². The minimum atomic E-state index is -1.03. The second kappa shape index (κ2) is 5.64. The molecular weight excluding hydrogens is 295 g/mol. The highest BCUT2D eigenvalue weighted by atomic mass is 35.5. The first-order chi connectivity index (χ1) is 9.78. The fourth-order valence-corrected chi connectivity index (χ4v) is 2.57. The van der Waals surface area contributed by atoms with E-state index >= 15 is 0 Å². The third-order valence-corrected chi connectivity index (χ3v) is 4.16. The number of carbonyl (C=O) groups is 2. The van der Waals surface area contributed by atoms with Gasteiger partial charge in [0.05, 0.1) is 5.02 Å². The van der Waals surface area contributed by atoms with Gasteiger partial charge in [-0.1, -0.05) is 30.7 Å². The summed E-state index contributed by atoms with van der Waals surface area (Å²) in [6.07, 6.45) is 0.495. The highest BCUT2D eigenvalue weighted by Crippen LogP contribution is 2.27. The van der Waals surface area contributed by atoms with Crippen molar-refractivity contribution in [1.82, 2.24) is 10.2 Å². The number of benzene rings is 1. The van der Waals surface area contributed by atoms with Gasteiger partial charge in [0.1, 0.15) is 17.4 Å². The van der Waals surface area contributed by atoms with Gasteiger partial charge in [0.25, 0.3) is 0 Å². The van der Waals surface area contributed by atoms with Crippen molar-refractivity contribution in [2.24, 2.45) is 0 Å². The van der Waals surface area contributed by atoms with E-state index in [4.69, 9.17) is 11.6 Å². The summed E-state index contributed by atoms with van der Waals surface area (Å²) in [5.74, 6) is -1.00. The number of nitrogens with one attached hydrogen (secondary N) is 1. The third-order valence-electron chi connectivity index (χ3n) is 3.87. The van der Waals surface area contributed by atoms with Crippen LogP contribution in [0.1, 0.15) is 32.8 Å². The lowest BCUT2D eigenvalue weighted by Gasteiger charge is -2.44. The zero-order valence-corrected chi connectivity index (χ0v) is 13.0.